The normalized spacial score (nSPS) is 10.6. The first-order valence-corrected chi connectivity index (χ1v) is 9.99. The molecule has 0 radical (unpaired) electrons. The van der Waals surface area contributed by atoms with Gasteiger partial charge in [-0.15, -0.1) is 11.3 Å². The van der Waals surface area contributed by atoms with Gasteiger partial charge in [0.1, 0.15) is 18.1 Å². The zero-order valence-corrected chi connectivity index (χ0v) is 17.1. The lowest BCUT2D eigenvalue weighted by Crippen LogP contribution is -2.29. The number of hydrogen-bond acceptors (Lipinski definition) is 7. The van der Waals surface area contributed by atoms with Crippen molar-refractivity contribution in [2.75, 3.05) is 12.4 Å². The van der Waals surface area contributed by atoms with Crippen molar-refractivity contribution in [3.05, 3.63) is 76.4 Å². The number of pyridine rings is 1. The number of methoxy groups -OCH3 is 1. The number of anilines is 1. The van der Waals surface area contributed by atoms with E-state index in [1.54, 1.807) is 29.9 Å². The van der Waals surface area contributed by atoms with Gasteiger partial charge in [0, 0.05) is 41.0 Å². The quantitative estimate of drug-likeness (QED) is 0.497. The van der Waals surface area contributed by atoms with Gasteiger partial charge >= 0.3 is 0 Å². The van der Waals surface area contributed by atoms with Crippen LogP contribution in [-0.4, -0.2) is 32.8 Å². The molecule has 0 aliphatic rings. The Balaban J connectivity index is 1.50. The molecule has 31 heavy (non-hydrogen) atoms. The molecule has 0 aliphatic heterocycles. The first kappa shape index (κ1) is 20.4. The molecule has 0 bridgehead atoms. The Bertz CT molecular complexity index is 1290. The van der Waals surface area contributed by atoms with E-state index in [0.717, 1.165) is 10.2 Å². The van der Waals surface area contributed by atoms with E-state index in [-0.39, 0.29) is 17.8 Å². The third kappa shape index (κ3) is 4.64. The number of nitrogens with one attached hydrogen (secondary N) is 1. The minimum Gasteiger partial charge on any atom is -0.497 e. The average molecular weight is 437 g/mol. The van der Waals surface area contributed by atoms with Gasteiger partial charge in [-0.1, -0.05) is 0 Å². The van der Waals surface area contributed by atoms with Crippen LogP contribution in [0.2, 0.25) is 0 Å². The van der Waals surface area contributed by atoms with E-state index < -0.39 is 17.3 Å². The fourth-order valence-corrected chi connectivity index (χ4v) is 3.55. The van der Waals surface area contributed by atoms with Gasteiger partial charge in [-0.25, -0.2) is 14.1 Å². The first-order valence-electron chi connectivity index (χ1n) is 9.11. The summed E-state index contributed by atoms with van der Waals surface area (Å²) in [6.45, 7) is -0.341. The van der Waals surface area contributed by atoms with Crippen molar-refractivity contribution in [2.24, 2.45) is 0 Å². The molecule has 3 aromatic heterocycles. The molecule has 0 fully saturated rings. The molecule has 8 nitrogen and oxygen atoms in total. The lowest BCUT2D eigenvalue weighted by Gasteiger charge is -2.08. The van der Waals surface area contributed by atoms with E-state index in [0.29, 0.717) is 16.6 Å². The number of ether oxygens (including phenoxy) is 1. The summed E-state index contributed by atoms with van der Waals surface area (Å²) in [5.41, 5.74) is 1.44. The van der Waals surface area contributed by atoms with Gasteiger partial charge in [-0.2, -0.15) is 5.10 Å². The fourth-order valence-electron chi connectivity index (χ4n) is 2.81. The maximum atomic E-state index is 14.3. The van der Waals surface area contributed by atoms with Crippen LogP contribution in [0.3, 0.4) is 0 Å². The number of aromatic nitrogens is 4. The minimum atomic E-state index is -0.549. The zero-order valence-electron chi connectivity index (χ0n) is 16.3. The van der Waals surface area contributed by atoms with E-state index in [4.69, 9.17) is 4.74 Å². The number of hydrogen-bond donors (Lipinski definition) is 1. The standard InChI is InChI=1S/C21H16FN5O3S/c1-30-14-4-5-15(16(22)9-14)17-6-7-20(29)27(26-17)11-19(28)25-21-24-18(12-31-21)13-3-2-8-23-10-13/h2-10,12H,11H2,1H3,(H,24,25,28). The summed E-state index contributed by atoms with van der Waals surface area (Å²) in [5.74, 6) is -0.663. The van der Waals surface area contributed by atoms with Crippen molar-refractivity contribution in [1.29, 1.82) is 0 Å². The molecule has 0 unspecified atom stereocenters. The van der Waals surface area contributed by atoms with Crippen LogP contribution >= 0.6 is 11.3 Å². The minimum absolute atomic E-state index is 0.191. The monoisotopic (exact) mass is 437 g/mol. The molecule has 0 atom stereocenters. The van der Waals surface area contributed by atoms with Crippen LogP contribution in [0.1, 0.15) is 0 Å². The summed E-state index contributed by atoms with van der Waals surface area (Å²) in [6, 6.07) is 10.6. The molecule has 0 aliphatic carbocycles. The van der Waals surface area contributed by atoms with Gasteiger partial charge in [0.2, 0.25) is 5.91 Å². The van der Waals surface area contributed by atoms with E-state index in [9.17, 15) is 14.0 Å². The molecule has 4 aromatic rings. The Morgan fingerprint density at radius 1 is 1.23 bits per heavy atom. The lowest BCUT2D eigenvalue weighted by molar-refractivity contribution is -0.117. The Morgan fingerprint density at radius 2 is 2.10 bits per heavy atom. The van der Waals surface area contributed by atoms with Gasteiger partial charge in [-0.05, 0) is 30.3 Å². The topological polar surface area (TPSA) is 99.0 Å². The Morgan fingerprint density at radius 3 is 2.84 bits per heavy atom. The van der Waals surface area contributed by atoms with Gasteiger partial charge in [0.05, 0.1) is 18.5 Å². The van der Waals surface area contributed by atoms with E-state index in [1.165, 1.54) is 42.7 Å². The maximum Gasteiger partial charge on any atom is 0.267 e. The molecule has 1 aromatic carbocycles. The van der Waals surface area contributed by atoms with Crippen LogP contribution in [0.5, 0.6) is 5.75 Å². The SMILES string of the molecule is COc1ccc(-c2ccc(=O)n(CC(=O)Nc3nc(-c4cccnc4)cs3)n2)c(F)c1. The second-order valence-corrected chi connectivity index (χ2v) is 7.25. The van der Waals surface area contributed by atoms with Crippen molar-refractivity contribution in [3.63, 3.8) is 0 Å². The smallest absolute Gasteiger partial charge is 0.267 e. The zero-order chi connectivity index (χ0) is 21.8. The maximum absolute atomic E-state index is 14.3. The number of halogens is 1. The van der Waals surface area contributed by atoms with E-state index >= 15 is 0 Å². The summed E-state index contributed by atoms with van der Waals surface area (Å²) in [6.07, 6.45) is 3.34. The van der Waals surface area contributed by atoms with Gasteiger partial charge in [0.15, 0.2) is 5.13 Å². The molecule has 4 rings (SSSR count). The average Bonchev–Trinajstić information content (AvgIpc) is 3.24. The van der Waals surface area contributed by atoms with Gasteiger partial charge < -0.3 is 10.1 Å². The van der Waals surface area contributed by atoms with Crippen LogP contribution in [-0.2, 0) is 11.3 Å². The Labute approximate surface area is 180 Å². The summed E-state index contributed by atoms with van der Waals surface area (Å²) in [4.78, 5) is 33.0. The summed E-state index contributed by atoms with van der Waals surface area (Å²) >= 11 is 1.25. The predicted octanol–water partition coefficient (Wildman–Crippen LogP) is 3.22. The highest BCUT2D eigenvalue weighted by Gasteiger charge is 2.13. The van der Waals surface area contributed by atoms with Crippen LogP contribution < -0.4 is 15.6 Å². The molecule has 3 heterocycles. The van der Waals surface area contributed by atoms with Crippen molar-refractivity contribution < 1.29 is 13.9 Å². The van der Waals surface area contributed by atoms with Gasteiger partial charge in [0.25, 0.3) is 5.56 Å². The van der Waals surface area contributed by atoms with Crippen molar-refractivity contribution in [1.82, 2.24) is 19.7 Å². The highest BCUT2D eigenvalue weighted by Crippen LogP contribution is 2.25. The van der Waals surface area contributed by atoms with Crippen LogP contribution in [0.25, 0.3) is 22.5 Å². The second-order valence-electron chi connectivity index (χ2n) is 6.39. The number of carbonyl (C=O) groups excluding carboxylic acids is 1. The third-order valence-electron chi connectivity index (χ3n) is 4.32. The molecular weight excluding hydrogens is 421 g/mol. The van der Waals surface area contributed by atoms with Crippen LogP contribution in [0, 0.1) is 5.82 Å². The van der Waals surface area contributed by atoms with Crippen LogP contribution in [0.4, 0.5) is 9.52 Å². The lowest BCUT2D eigenvalue weighted by atomic mass is 10.1. The largest absolute Gasteiger partial charge is 0.497 e. The molecule has 0 spiro atoms. The Hall–Kier alpha value is -3.92. The number of rotatable bonds is 6. The van der Waals surface area contributed by atoms with Gasteiger partial charge in [-0.3, -0.25) is 14.6 Å². The Kier molecular flexibility index (Phi) is 5.80. The fraction of sp³-hybridized carbons (Fsp3) is 0.0952. The molecule has 0 saturated carbocycles. The molecule has 156 valence electrons. The van der Waals surface area contributed by atoms with Crippen molar-refractivity contribution in [2.45, 2.75) is 6.54 Å². The molecule has 1 amide bonds. The predicted molar refractivity (Wildman–Crippen MR) is 114 cm³/mol. The molecule has 1 N–H and O–H groups in total. The summed E-state index contributed by atoms with van der Waals surface area (Å²) in [5, 5.41) is 8.96. The van der Waals surface area contributed by atoms with Crippen molar-refractivity contribution >= 4 is 22.4 Å². The highest BCUT2D eigenvalue weighted by atomic mass is 32.1. The van der Waals surface area contributed by atoms with Crippen LogP contribution in [0.15, 0.2) is 65.0 Å². The first-order chi connectivity index (χ1) is 15.0. The van der Waals surface area contributed by atoms with E-state index in [1.807, 2.05) is 6.07 Å². The molecule has 0 saturated heterocycles. The number of amides is 1. The number of benzene rings is 1. The highest BCUT2D eigenvalue weighted by molar-refractivity contribution is 7.14. The number of carbonyl (C=O) groups is 1. The summed E-state index contributed by atoms with van der Waals surface area (Å²) < 4.78 is 20.3. The van der Waals surface area contributed by atoms with E-state index in [2.05, 4.69) is 20.4 Å². The summed E-state index contributed by atoms with van der Waals surface area (Å²) in [7, 11) is 1.44. The number of nitrogens with zero attached hydrogens (tertiary/aromatic N) is 4. The molecule has 10 heteroatoms. The number of thiazole rings is 1. The molecular formula is C21H16FN5O3S. The van der Waals surface area contributed by atoms with Crippen molar-refractivity contribution in [3.8, 4) is 28.3 Å². The second kappa shape index (κ2) is 8.84. The third-order valence-corrected chi connectivity index (χ3v) is 5.08.